The first-order valence-electron chi connectivity index (χ1n) is 6.91. The SMILES string of the molecule is CCOc1c(Br)cc(C=C(C#N)C(=O)C(C)(C)C)cc1OC. The van der Waals surface area contributed by atoms with Crippen molar-refractivity contribution in [2.75, 3.05) is 13.7 Å². The molecule has 1 aromatic carbocycles. The molecule has 0 fully saturated rings. The Morgan fingerprint density at radius 1 is 1.41 bits per heavy atom. The number of hydrogen-bond donors (Lipinski definition) is 0. The number of allylic oxidation sites excluding steroid dienone is 1. The minimum absolute atomic E-state index is 0.116. The van der Waals surface area contributed by atoms with Crippen LogP contribution in [0.4, 0.5) is 0 Å². The Labute approximate surface area is 139 Å². The third kappa shape index (κ3) is 4.35. The molecule has 0 radical (unpaired) electrons. The topological polar surface area (TPSA) is 59.3 Å². The van der Waals surface area contributed by atoms with Gasteiger partial charge in [-0.3, -0.25) is 4.79 Å². The van der Waals surface area contributed by atoms with Crippen molar-refractivity contribution in [3.05, 3.63) is 27.7 Å². The molecule has 118 valence electrons. The van der Waals surface area contributed by atoms with E-state index in [1.807, 2.05) is 13.0 Å². The molecule has 0 aliphatic heterocycles. The lowest BCUT2D eigenvalue weighted by molar-refractivity contribution is -0.121. The van der Waals surface area contributed by atoms with Gasteiger partial charge in [0.2, 0.25) is 0 Å². The van der Waals surface area contributed by atoms with Gasteiger partial charge in [-0.15, -0.1) is 0 Å². The number of carbonyl (C=O) groups is 1. The molecule has 0 saturated carbocycles. The third-order valence-corrected chi connectivity index (χ3v) is 3.49. The molecule has 0 unspecified atom stereocenters. The highest BCUT2D eigenvalue weighted by Crippen LogP contribution is 2.37. The summed E-state index contributed by atoms with van der Waals surface area (Å²) in [4.78, 5) is 12.3. The van der Waals surface area contributed by atoms with E-state index in [1.54, 1.807) is 46.1 Å². The molecule has 4 nitrogen and oxygen atoms in total. The third-order valence-electron chi connectivity index (χ3n) is 2.90. The van der Waals surface area contributed by atoms with Crippen LogP contribution < -0.4 is 9.47 Å². The van der Waals surface area contributed by atoms with E-state index >= 15 is 0 Å². The molecule has 0 saturated heterocycles. The highest BCUT2D eigenvalue weighted by molar-refractivity contribution is 9.10. The molecule has 0 aliphatic rings. The smallest absolute Gasteiger partial charge is 0.178 e. The van der Waals surface area contributed by atoms with Crippen molar-refractivity contribution in [2.24, 2.45) is 5.41 Å². The molecule has 0 heterocycles. The van der Waals surface area contributed by atoms with Gasteiger partial charge in [0.15, 0.2) is 17.3 Å². The molecule has 0 aliphatic carbocycles. The fraction of sp³-hybridized carbons (Fsp3) is 0.412. The number of carbonyl (C=O) groups excluding carboxylic acids is 1. The number of nitrogens with zero attached hydrogens (tertiary/aromatic N) is 1. The summed E-state index contributed by atoms with van der Waals surface area (Å²) in [6.45, 7) is 7.76. The Morgan fingerprint density at radius 3 is 2.50 bits per heavy atom. The number of methoxy groups -OCH3 is 1. The normalized spacial score (nSPS) is 11.8. The molecular formula is C17H20BrNO3. The van der Waals surface area contributed by atoms with E-state index in [0.29, 0.717) is 28.1 Å². The van der Waals surface area contributed by atoms with Crippen molar-refractivity contribution < 1.29 is 14.3 Å². The van der Waals surface area contributed by atoms with E-state index < -0.39 is 5.41 Å². The van der Waals surface area contributed by atoms with E-state index in [0.717, 1.165) is 0 Å². The maximum atomic E-state index is 12.3. The lowest BCUT2D eigenvalue weighted by atomic mass is 9.86. The number of halogens is 1. The Balaban J connectivity index is 3.33. The van der Waals surface area contributed by atoms with Crippen LogP contribution in [-0.2, 0) is 4.79 Å². The Hall–Kier alpha value is -1.80. The van der Waals surface area contributed by atoms with Crippen LogP contribution in [0.1, 0.15) is 33.3 Å². The number of hydrogen-bond acceptors (Lipinski definition) is 4. The first-order valence-corrected chi connectivity index (χ1v) is 7.70. The van der Waals surface area contributed by atoms with Gasteiger partial charge in [-0.2, -0.15) is 5.26 Å². The maximum absolute atomic E-state index is 12.3. The zero-order chi connectivity index (χ0) is 16.9. The standard InChI is InChI=1S/C17H20BrNO3/c1-6-22-15-13(18)8-11(9-14(15)21-5)7-12(10-19)16(20)17(2,3)4/h7-9H,6H2,1-5H3. The summed E-state index contributed by atoms with van der Waals surface area (Å²) < 4.78 is 11.5. The van der Waals surface area contributed by atoms with Crippen LogP contribution in [0.5, 0.6) is 11.5 Å². The molecule has 5 heteroatoms. The fourth-order valence-electron chi connectivity index (χ4n) is 1.83. The molecular weight excluding hydrogens is 346 g/mol. The summed E-state index contributed by atoms with van der Waals surface area (Å²) in [5, 5.41) is 9.25. The highest BCUT2D eigenvalue weighted by Gasteiger charge is 2.25. The number of nitriles is 1. The van der Waals surface area contributed by atoms with E-state index in [4.69, 9.17) is 9.47 Å². The summed E-state index contributed by atoms with van der Waals surface area (Å²) in [5.74, 6) is 0.949. The fourth-order valence-corrected chi connectivity index (χ4v) is 2.40. The summed E-state index contributed by atoms with van der Waals surface area (Å²) in [5.41, 5.74) is 0.209. The summed E-state index contributed by atoms with van der Waals surface area (Å²) in [6, 6.07) is 5.51. The number of ether oxygens (including phenoxy) is 2. The van der Waals surface area contributed by atoms with E-state index in [2.05, 4.69) is 15.9 Å². The van der Waals surface area contributed by atoms with Crippen molar-refractivity contribution in [1.82, 2.24) is 0 Å². The maximum Gasteiger partial charge on any atom is 0.178 e. The average Bonchev–Trinajstić information content (AvgIpc) is 2.45. The highest BCUT2D eigenvalue weighted by atomic mass is 79.9. The lowest BCUT2D eigenvalue weighted by Crippen LogP contribution is -2.21. The second-order valence-electron chi connectivity index (χ2n) is 5.72. The molecule has 0 amide bonds. The number of rotatable bonds is 5. The van der Waals surface area contributed by atoms with Crippen LogP contribution in [0, 0.1) is 16.7 Å². The van der Waals surface area contributed by atoms with Crippen molar-refractivity contribution in [2.45, 2.75) is 27.7 Å². The van der Waals surface area contributed by atoms with Crippen LogP contribution in [0.3, 0.4) is 0 Å². The zero-order valence-corrected chi connectivity index (χ0v) is 15.1. The predicted octanol–water partition coefficient (Wildman–Crippen LogP) is 4.38. The monoisotopic (exact) mass is 365 g/mol. The van der Waals surface area contributed by atoms with Crippen molar-refractivity contribution >= 4 is 27.8 Å². The molecule has 22 heavy (non-hydrogen) atoms. The van der Waals surface area contributed by atoms with E-state index in [9.17, 15) is 10.1 Å². The Bertz CT molecular complexity index is 637. The zero-order valence-electron chi connectivity index (χ0n) is 13.5. The number of Topliss-reactive ketones (excluding diaryl/α,β-unsaturated/α-hetero) is 1. The van der Waals surface area contributed by atoms with Gasteiger partial charge in [0, 0.05) is 5.41 Å². The van der Waals surface area contributed by atoms with Gasteiger partial charge in [0.05, 0.1) is 23.8 Å². The molecule has 0 aromatic heterocycles. The van der Waals surface area contributed by atoms with E-state index in [-0.39, 0.29) is 11.4 Å². The predicted molar refractivity (Wildman–Crippen MR) is 89.9 cm³/mol. The first-order chi connectivity index (χ1) is 10.2. The van der Waals surface area contributed by atoms with Crippen LogP contribution >= 0.6 is 15.9 Å². The van der Waals surface area contributed by atoms with Gasteiger partial charge < -0.3 is 9.47 Å². The Kier molecular flexibility index (Phi) is 6.19. The lowest BCUT2D eigenvalue weighted by Gasteiger charge is -2.16. The van der Waals surface area contributed by atoms with Gasteiger partial charge in [0.1, 0.15) is 6.07 Å². The van der Waals surface area contributed by atoms with Crippen LogP contribution in [0.2, 0.25) is 0 Å². The average molecular weight is 366 g/mol. The van der Waals surface area contributed by atoms with Gasteiger partial charge in [-0.05, 0) is 46.6 Å². The van der Waals surface area contributed by atoms with Gasteiger partial charge >= 0.3 is 0 Å². The minimum atomic E-state index is -0.603. The van der Waals surface area contributed by atoms with Gasteiger partial charge in [-0.25, -0.2) is 0 Å². The minimum Gasteiger partial charge on any atom is -0.493 e. The molecule has 1 rings (SSSR count). The molecule has 0 atom stereocenters. The Morgan fingerprint density at radius 2 is 2.05 bits per heavy atom. The second-order valence-corrected chi connectivity index (χ2v) is 6.57. The van der Waals surface area contributed by atoms with Crippen LogP contribution in [0.25, 0.3) is 6.08 Å². The summed E-state index contributed by atoms with van der Waals surface area (Å²) in [7, 11) is 1.54. The molecule has 0 bridgehead atoms. The second kappa shape index (κ2) is 7.46. The van der Waals surface area contributed by atoms with Crippen LogP contribution in [0.15, 0.2) is 22.2 Å². The van der Waals surface area contributed by atoms with Crippen molar-refractivity contribution in [1.29, 1.82) is 5.26 Å². The number of benzene rings is 1. The molecule has 0 N–H and O–H groups in total. The summed E-state index contributed by atoms with van der Waals surface area (Å²) in [6.07, 6.45) is 1.57. The summed E-state index contributed by atoms with van der Waals surface area (Å²) >= 11 is 3.43. The first kappa shape index (κ1) is 18.2. The largest absolute Gasteiger partial charge is 0.493 e. The van der Waals surface area contributed by atoms with Gasteiger partial charge in [0.25, 0.3) is 0 Å². The van der Waals surface area contributed by atoms with Crippen molar-refractivity contribution in [3.63, 3.8) is 0 Å². The van der Waals surface area contributed by atoms with Crippen LogP contribution in [-0.4, -0.2) is 19.5 Å². The van der Waals surface area contributed by atoms with Crippen molar-refractivity contribution in [3.8, 4) is 17.6 Å². The molecule has 1 aromatic rings. The van der Waals surface area contributed by atoms with E-state index in [1.165, 1.54) is 0 Å². The quantitative estimate of drug-likeness (QED) is 0.573. The molecule has 0 spiro atoms. The van der Waals surface area contributed by atoms with Gasteiger partial charge in [-0.1, -0.05) is 20.8 Å². The number of ketones is 1.